The molecule has 0 saturated carbocycles. The van der Waals surface area contributed by atoms with E-state index in [0.717, 1.165) is 28.7 Å². The molecule has 0 spiro atoms. The third kappa shape index (κ3) is 2.95. The molecule has 1 aliphatic carbocycles. The summed E-state index contributed by atoms with van der Waals surface area (Å²) < 4.78 is 0. The number of hydrogen-bond acceptors (Lipinski definition) is 6. The van der Waals surface area contributed by atoms with Crippen LogP contribution in [0.25, 0.3) is 10.9 Å². The predicted molar refractivity (Wildman–Crippen MR) is 96.1 cm³/mol. The second-order valence-corrected chi connectivity index (χ2v) is 6.77. The van der Waals surface area contributed by atoms with Crippen molar-refractivity contribution in [3.63, 3.8) is 0 Å². The van der Waals surface area contributed by atoms with Gasteiger partial charge in [-0.25, -0.2) is 19.9 Å². The third-order valence-corrected chi connectivity index (χ3v) is 4.51. The topological polar surface area (TPSA) is 80.7 Å². The first kappa shape index (κ1) is 15.6. The van der Waals surface area contributed by atoms with E-state index in [-0.39, 0.29) is 5.78 Å². The number of benzene rings is 1. The molecule has 3 aromatic rings. The molecule has 25 heavy (non-hydrogen) atoms. The number of nitrogens with zero attached hydrogens (tertiary/aromatic N) is 4. The molecule has 2 aromatic heterocycles. The molecular formula is C19H19N5O. The summed E-state index contributed by atoms with van der Waals surface area (Å²) in [7, 11) is 0. The number of Topliss-reactive ketones (excluding diaryl/α,β-unsaturated/α-hetero) is 1. The lowest BCUT2D eigenvalue weighted by Crippen LogP contribution is -2.20. The number of anilines is 2. The fourth-order valence-corrected chi connectivity index (χ4v) is 3.25. The zero-order valence-corrected chi connectivity index (χ0v) is 14.5. The number of ketones is 1. The lowest BCUT2D eigenvalue weighted by Gasteiger charge is -2.19. The van der Waals surface area contributed by atoms with Crippen molar-refractivity contribution in [2.45, 2.75) is 33.6 Å². The monoisotopic (exact) mass is 333 g/mol. The summed E-state index contributed by atoms with van der Waals surface area (Å²) in [5.74, 6) is 1.31. The number of aromatic nitrogens is 4. The first-order valence-corrected chi connectivity index (χ1v) is 8.41. The van der Waals surface area contributed by atoms with Gasteiger partial charge in [-0.1, -0.05) is 18.6 Å². The minimum atomic E-state index is 0.119. The van der Waals surface area contributed by atoms with E-state index in [1.807, 2.05) is 26.0 Å². The molecule has 1 aliphatic rings. The lowest BCUT2D eigenvalue weighted by atomic mass is 9.88. The molecule has 4 rings (SSSR count). The Morgan fingerprint density at radius 1 is 1.08 bits per heavy atom. The zero-order valence-electron chi connectivity index (χ0n) is 14.5. The maximum absolute atomic E-state index is 12.1. The molecular weight excluding hydrogens is 314 g/mol. The maximum Gasteiger partial charge on any atom is 0.230 e. The van der Waals surface area contributed by atoms with Gasteiger partial charge in [-0.05, 0) is 38.3 Å². The molecule has 1 N–H and O–H groups in total. The van der Waals surface area contributed by atoms with Crippen LogP contribution in [0.3, 0.4) is 0 Å². The molecule has 0 amide bonds. The SMILES string of the molecule is Cc1ccc2nc(Nc3ncc4c(n3)C[C@@H](C)CC4=O)nc(C)c2c1. The molecule has 0 radical (unpaired) electrons. The second-order valence-electron chi connectivity index (χ2n) is 6.77. The van der Waals surface area contributed by atoms with Crippen LogP contribution in [0.5, 0.6) is 0 Å². The van der Waals surface area contributed by atoms with Crippen LogP contribution in [0.2, 0.25) is 0 Å². The molecule has 126 valence electrons. The summed E-state index contributed by atoms with van der Waals surface area (Å²) in [6.45, 7) is 6.07. The van der Waals surface area contributed by atoms with Crippen molar-refractivity contribution in [3.8, 4) is 0 Å². The minimum Gasteiger partial charge on any atom is -0.294 e. The van der Waals surface area contributed by atoms with Crippen molar-refractivity contribution in [2.24, 2.45) is 5.92 Å². The van der Waals surface area contributed by atoms with E-state index in [0.29, 0.717) is 29.8 Å². The van der Waals surface area contributed by atoms with Crippen molar-refractivity contribution in [3.05, 3.63) is 46.9 Å². The van der Waals surface area contributed by atoms with Gasteiger partial charge in [0.2, 0.25) is 11.9 Å². The van der Waals surface area contributed by atoms with Gasteiger partial charge in [0.05, 0.1) is 22.5 Å². The Balaban J connectivity index is 1.69. The second kappa shape index (κ2) is 5.88. The fourth-order valence-electron chi connectivity index (χ4n) is 3.25. The largest absolute Gasteiger partial charge is 0.294 e. The summed E-state index contributed by atoms with van der Waals surface area (Å²) in [6.07, 6.45) is 2.96. The van der Waals surface area contributed by atoms with E-state index in [2.05, 4.69) is 38.2 Å². The van der Waals surface area contributed by atoms with Crippen molar-refractivity contribution >= 4 is 28.6 Å². The Morgan fingerprint density at radius 3 is 2.76 bits per heavy atom. The summed E-state index contributed by atoms with van der Waals surface area (Å²) in [6, 6.07) is 6.09. The Hall–Kier alpha value is -2.89. The number of hydrogen-bond donors (Lipinski definition) is 1. The number of aryl methyl sites for hydroxylation is 2. The van der Waals surface area contributed by atoms with Gasteiger partial charge in [0, 0.05) is 18.0 Å². The standard InChI is InChI=1S/C19H19N5O/c1-10-4-5-15-13(6-10)12(3)21-19(22-15)24-18-20-9-14-16(23-18)7-11(2)8-17(14)25/h4-6,9,11H,7-8H2,1-3H3,(H,20,21,22,23,24)/t11-/m1/s1. The predicted octanol–water partition coefficient (Wildman–Crippen LogP) is 3.55. The van der Waals surface area contributed by atoms with Crippen molar-refractivity contribution in [1.82, 2.24) is 19.9 Å². The van der Waals surface area contributed by atoms with Gasteiger partial charge in [-0.3, -0.25) is 10.1 Å². The molecule has 0 bridgehead atoms. The fraction of sp³-hybridized carbons (Fsp3) is 0.316. The summed E-state index contributed by atoms with van der Waals surface area (Å²) in [5.41, 5.74) is 4.39. The number of fused-ring (bicyclic) bond motifs is 2. The smallest absolute Gasteiger partial charge is 0.230 e. The van der Waals surface area contributed by atoms with E-state index >= 15 is 0 Å². The first-order valence-electron chi connectivity index (χ1n) is 8.41. The van der Waals surface area contributed by atoms with Gasteiger partial charge >= 0.3 is 0 Å². The average Bonchev–Trinajstić information content (AvgIpc) is 2.55. The van der Waals surface area contributed by atoms with Gasteiger partial charge in [0.15, 0.2) is 5.78 Å². The molecule has 6 nitrogen and oxygen atoms in total. The van der Waals surface area contributed by atoms with E-state index in [4.69, 9.17) is 0 Å². The van der Waals surface area contributed by atoms with E-state index in [9.17, 15) is 4.79 Å². The minimum absolute atomic E-state index is 0.119. The first-order chi connectivity index (χ1) is 12.0. The van der Waals surface area contributed by atoms with Gasteiger partial charge in [-0.15, -0.1) is 0 Å². The highest BCUT2D eigenvalue weighted by molar-refractivity contribution is 5.98. The summed E-state index contributed by atoms with van der Waals surface area (Å²) in [4.78, 5) is 29.9. The van der Waals surface area contributed by atoms with Crippen molar-refractivity contribution < 1.29 is 4.79 Å². The van der Waals surface area contributed by atoms with Crippen LogP contribution in [-0.2, 0) is 6.42 Å². The highest BCUT2D eigenvalue weighted by Crippen LogP contribution is 2.25. The highest BCUT2D eigenvalue weighted by Gasteiger charge is 2.24. The van der Waals surface area contributed by atoms with Crippen LogP contribution in [0, 0.1) is 19.8 Å². The van der Waals surface area contributed by atoms with Crippen LogP contribution in [-0.4, -0.2) is 25.7 Å². The molecule has 1 aromatic carbocycles. The number of carbonyl (C=O) groups is 1. The van der Waals surface area contributed by atoms with E-state index in [1.54, 1.807) is 6.20 Å². The molecule has 1 atom stereocenters. The van der Waals surface area contributed by atoms with Crippen LogP contribution >= 0.6 is 0 Å². The Labute approximate surface area is 145 Å². The molecule has 0 unspecified atom stereocenters. The van der Waals surface area contributed by atoms with Crippen LogP contribution in [0.4, 0.5) is 11.9 Å². The quantitative estimate of drug-likeness (QED) is 0.772. The maximum atomic E-state index is 12.1. The molecule has 6 heteroatoms. The van der Waals surface area contributed by atoms with Gasteiger partial charge < -0.3 is 0 Å². The van der Waals surface area contributed by atoms with Crippen molar-refractivity contribution in [2.75, 3.05) is 5.32 Å². The third-order valence-electron chi connectivity index (χ3n) is 4.51. The van der Waals surface area contributed by atoms with Crippen LogP contribution in [0.1, 0.15) is 40.7 Å². The molecule has 0 fully saturated rings. The number of carbonyl (C=O) groups excluding carboxylic acids is 1. The van der Waals surface area contributed by atoms with Crippen LogP contribution < -0.4 is 5.32 Å². The van der Waals surface area contributed by atoms with Crippen LogP contribution in [0.15, 0.2) is 24.4 Å². The van der Waals surface area contributed by atoms with Gasteiger partial charge in [0.25, 0.3) is 0 Å². The molecule has 0 aliphatic heterocycles. The summed E-state index contributed by atoms with van der Waals surface area (Å²) in [5, 5.41) is 4.11. The van der Waals surface area contributed by atoms with Crippen molar-refractivity contribution in [1.29, 1.82) is 0 Å². The Bertz CT molecular complexity index is 999. The van der Waals surface area contributed by atoms with E-state index in [1.165, 1.54) is 5.56 Å². The number of nitrogens with one attached hydrogen (secondary N) is 1. The van der Waals surface area contributed by atoms with Gasteiger partial charge in [0.1, 0.15) is 0 Å². The Kier molecular flexibility index (Phi) is 3.67. The average molecular weight is 333 g/mol. The summed E-state index contributed by atoms with van der Waals surface area (Å²) >= 11 is 0. The lowest BCUT2D eigenvalue weighted by molar-refractivity contribution is 0.0951. The number of rotatable bonds is 2. The Morgan fingerprint density at radius 2 is 1.92 bits per heavy atom. The van der Waals surface area contributed by atoms with E-state index < -0.39 is 0 Å². The normalized spacial score (nSPS) is 16.8. The highest BCUT2D eigenvalue weighted by atomic mass is 16.1. The molecule has 0 saturated heterocycles. The zero-order chi connectivity index (χ0) is 17.6. The molecule has 2 heterocycles. The van der Waals surface area contributed by atoms with Gasteiger partial charge in [-0.2, -0.15) is 0 Å².